The number of aromatic nitrogens is 2. The molecule has 0 fully saturated rings. The van der Waals surface area contributed by atoms with Crippen molar-refractivity contribution in [3.63, 3.8) is 0 Å². The third kappa shape index (κ3) is 2.28. The van der Waals surface area contributed by atoms with Crippen LogP contribution in [0.5, 0.6) is 5.75 Å². The highest BCUT2D eigenvalue weighted by Gasteiger charge is 2.09. The summed E-state index contributed by atoms with van der Waals surface area (Å²) < 4.78 is 18.8. The molecule has 0 amide bonds. The molecule has 3 nitrogen and oxygen atoms in total. The first-order valence-corrected chi connectivity index (χ1v) is 6.22. The Labute approximate surface area is 116 Å². The fourth-order valence-corrected chi connectivity index (χ4v) is 2.05. The molecule has 100 valence electrons. The molecule has 0 aliphatic rings. The molecule has 0 aliphatic heterocycles. The number of nitrogens with one attached hydrogen (secondary N) is 1. The molecule has 3 rings (SSSR count). The van der Waals surface area contributed by atoms with Gasteiger partial charge in [0.2, 0.25) is 0 Å². The Morgan fingerprint density at radius 1 is 1.05 bits per heavy atom. The van der Waals surface area contributed by atoms with Crippen LogP contribution in [0.25, 0.3) is 22.5 Å². The summed E-state index contributed by atoms with van der Waals surface area (Å²) in [5.41, 5.74) is 2.89. The minimum atomic E-state index is -0.278. The van der Waals surface area contributed by atoms with Crippen molar-refractivity contribution in [2.24, 2.45) is 0 Å². The van der Waals surface area contributed by atoms with E-state index in [1.54, 1.807) is 25.3 Å². The van der Waals surface area contributed by atoms with Gasteiger partial charge in [-0.3, -0.25) is 5.10 Å². The largest absolute Gasteiger partial charge is 0.497 e. The van der Waals surface area contributed by atoms with E-state index in [4.69, 9.17) is 4.74 Å². The Morgan fingerprint density at radius 3 is 2.50 bits per heavy atom. The number of rotatable bonds is 3. The minimum absolute atomic E-state index is 0.278. The summed E-state index contributed by atoms with van der Waals surface area (Å²) in [5, 5.41) is 7.10. The highest BCUT2D eigenvalue weighted by Crippen LogP contribution is 2.26. The van der Waals surface area contributed by atoms with E-state index in [1.807, 2.05) is 30.3 Å². The zero-order valence-electron chi connectivity index (χ0n) is 10.9. The lowest BCUT2D eigenvalue weighted by molar-refractivity contribution is 0.415. The molecular formula is C16H13FN2O. The van der Waals surface area contributed by atoms with E-state index in [0.29, 0.717) is 11.3 Å². The molecular weight excluding hydrogens is 255 g/mol. The van der Waals surface area contributed by atoms with Gasteiger partial charge >= 0.3 is 0 Å². The van der Waals surface area contributed by atoms with Gasteiger partial charge in [-0.05, 0) is 48.0 Å². The molecule has 0 radical (unpaired) electrons. The van der Waals surface area contributed by atoms with Gasteiger partial charge in [-0.2, -0.15) is 5.10 Å². The standard InChI is InChI=1S/C16H13FN2O/c1-20-12-8-6-11(7-9-12)15-10-16(19-18-15)13-4-2-3-5-14(13)17/h2-10H,1H3,(H,18,19). The normalized spacial score (nSPS) is 10.5. The van der Waals surface area contributed by atoms with Crippen LogP contribution in [0.2, 0.25) is 0 Å². The average Bonchev–Trinajstić information content (AvgIpc) is 2.97. The van der Waals surface area contributed by atoms with E-state index in [9.17, 15) is 4.39 Å². The van der Waals surface area contributed by atoms with Crippen molar-refractivity contribution in [1.29, 1.82) is 0 Å². The molecule has 0 atom stereocenters. The minimum Gasteiger partial charge on any atom is -0.497 e. The number of H-pyrrole nitrogens is 1. The predicted molar refractivity (Wildman–Crippen MR) is 76.0 cm³/mol. The Kier molecular flexibility index (Phi) is 3.21. The molecule has 2 aromatic carbocycles. The lowest BCUT2D eigenvalue weighted by Gasteiger charge is -2.00. The van der Waals surface area contributed by atoms with Crippen LogP contribution in [0.3, 0.4) is 0 Å². The topological polar surface area (TPSA) is 37.9 Å². The van der Waals surface area contributed by atoms with Gasteiger partial charge in [-0.25, -0.2) is 4.39 Å². The third-order valence-electron chi connectivity index (χ3n) is 3.13. The van der Waals surface area contributed by atoms with E-state index >= 15 is 0 Å². The third-order valence-corrected chi connectivity index (χ3v) is 3.13. The lowest BCUT2D eigenvalue weighted by Crippen LogP contribution is -1.82. The summed E-state index contributed by atoms with van der Waals surface area (Å²) in [6.07, 6.45) is 0. The van der Waals surface area contributed by atoms with Crippen molar-refractivity contribution in [1.82, 2.24) is 10.2 Å². The number of ether oxygens (including phenoxy) is 1. The number of aromatic amines is 1. The molecule has 4 heteroatoms. The Hall–Kier alpha value is -2.62. The smallest absolute Gasteiger partial charge is 0.132 e. The molecule has 0 saturated carbocycles. The van der Waals surface area contributed by atoms with E-state index in [-0.39, 0.29) is 5.82 Å². The fourth-order valence-electron chi connectivity index (χ4n) is 2.05. The average molecular weight is 268 g/mol. The van der Waals surface area contributed by atoms with Gasteiger partial charge in [0.15, 0.2) is 0 Å². The summed E-state index contributed by atoms with van der Waals surface area (Å²) in [5.74, 6) is 0.517. The molecule has 20 heavy (non-hydrogen) atoms. The second kappa shape index (κ2) is 5.17. The van der Waals surface area contributed by atoms with Crippen LogP contribution in [0.1, 0.15) is 0 Å². The van der Waals surface area contributed by atoms with E-state index in [0.717, 1.165) is 17.0 Å². The van der Waals surface area contributed by atoms with Crippen LogP contribution in [0, 0.1) is 5.82 Å². The number of halogens is 1. The van der Waals surface area contributed by atoms with Crippen LogP contribution in [0.15, 0.2) is 54.6 Å². The summed E-state index contributed by atoms with van der Waals surface area (Å²) in [4.78, 5) is 0. The van der Waals surface area contributed by atoms with E-state index < -0.39 is 0 Å². The van der Waals surface area contributed by atoms with E-state index in [2.05, 4.69) is 10.2 Å². The molecule has 0 unspecified atom stereocenters. The number of hydrogen-bond donors (Lipinski definition) is 1. The van der Waals surface area contributed by atoms with Gasteiger partial charge in [-0.15, -0.1) is 0 Å². The molecule has 1 N–H and O–H groups in total. The second-order valence-corrected chi connectivity index (χ2v) is 4.38. The van der Waals surface area contributed by atoms with Gasteiger partial charge < -0.3 is 4.74 Å². The van der Waals surface area contributed by atoms with Crippen LogP contribution in [-0.2, 0) is 0 Å². The van der Waals surface area contributed by atoms with E-state index in [1.165, 1.54) is 6.07 Å². The molecule has 3 aromatic rings. The maximum Gasteiger partial charge on any atom is 0.132 e. The number of methoxy groups -OCH3 is 1. The van der Waals surface area contributed by atoms with Crippen LogP contribution in [-0.4, -0.2) is 17.3 Å². The fraction of sp³-hybridized carbons (Fsp3) is 0.0625. The van der Waals surface area contributed by atoms with Gasteiger partial charge in [0.1, 0.15) is 11.6 Å². The van der Waals surface area contributed by atoms with Crippen molar-refractivity contribution < 1.29 is 9.13 Å². The zero-order valence-corrected chi connectivity index (χ0v) is 10.9. The summed E-state index contributed by atoms with van der Waals surface area (Å²) in [6.45, 7) is 0. The predicted octanol–water partition coefficient (Wildman–Crippen LogP) is 3.89. The molecule has 1 heterocycles. The van der Waals surface area contributed by atoms with Crippen LogP contribution >= 0.6 is 0 Å². The SMILES string of the molecule is COc1ccc(-c2cc(-c3ccccc3F)n[nH]2)cc1. The zero-order chi connectivity index (χ0) is 13.9. The van der Waals surface area contributed by atoms with Gasteiger partial charge in [0, 0.05) is 5.56 Å². The summed E-state index contributed by atoms with van der Waals surface area (Å²) in [6, 6.07) is 16.0. The van der Waals surface area contributed by atoms with Crippen molar-refractivity contribution in [3.05, 3.63) is 60.4 Å². The Bertz CT molecular complexity index is 719. The molecule has 0 saturated heterocycles. The molecule has 0 aliphatic carbocycles. The Morgan fingerprint density at radius 2 is 1.80 bits per heavy atom. The number of benzene rings is 2. The maximum absolute atomic E-state index is 13.7. The summed E-state index contributed by atoms with van der Waals surface area (Å²) >= 11 is 0. The summed E-state index contributed by atoms with van der Waals surface area (Å²) in [7, 11) is 1.63. The number of nitrogens with zero attached hydrogens (tertiary/aromatic N) is 1. The highest BCUT2D eigenvalue weighted by molar-refractivity contribution is 5.68. The number of hydrogen-bond acceptors (Lipinski definition) is 2. The van der Waals surface area contributed by atoms with Crippen LogP contribution in [0.4, 0.5) is 4.39 Å². The van der Waals surface area contributed by atoms with Gasteiger partial charge in [0.25, 0.3) is 0 Å². The van der Waals surface area contributed by atoms with Crippen molar-refractivity contribution in [2.75, 3.05) is 7.11 Å². The van der Waals surface area contributed by atoms with Gasteiger partial charge in [0.05, 0.1) is 18.5 Å². The first-order valence-electron chi connectivity index (χ1n) is 6.22. The molecule has 0 bridgehead atoms. The second-order valence-electron chi connectivity index (χ2n) is 4.38. The molecule has 0 spiro atoms. The van der Waals surface area contributed by atoms with Gasteiger partial charge in [-0.1, -0.05) is 12.1 Å². The monoisotopic (exact) mass is 268 g/mol. The Balaban J connectivity index is 1.95. The lowest BCUT2D eigenvalue weighted by atomic mass is 10.1. The molecule has 1 aromatic heterocycles. The maximum atomic E-state index is 13.7. The van der Waals surface area contributed by atoms with Crippen molar-refractivity contribution >= 4 is 0 Å². The first-order chi connectivity index (χ1) is 9.78. The van der Waals surface area contributed by atoms with Crippen molar-refractivity contribution in [2.45, 2.75) is 0 Å². The van der Waals surface area contributed by atoms with Crippen molar-refractivity contribution in [3.8, 4) is 28.3 Å². The quantitative estimate of drug-likeness (QED) is 0.782. The van der Waals surface area contributed by atoms with Crippen LogP contribution < -0.4 is 4.74 Å². The highest BCUT2D eigenvalue weighted by atomic mass is 19.1. The first kappa shape index (κ1) is 12.4.